The first kappa shape index (κ1) is 32.7. The first-order chi connectivity index (χ1) is 22.2. The average molecular weight is 629 g/mol. The fourth-order valence-electron chi connectivity index (χ4n) is 9.36. The summed E-state index contributed by atoms with van der Waals surface area (Å²) in [5.41, 5.74) is 3.58. The molecule has 5 atom stereocenters. The molecule has 0 unspecified atom stereocenters. The van der Waals surface area contributed by atoms with Gasteiger partial charge in [-0.05, 0) is 87.4 Å². The minimum Gasteiger partial charge on any atom is -0.483 e. The fraction of sp³-hybridized carbons (Fsp3) is 0.615. The number of nitrogens with zero attached hydrogens (tertiary/aromatic N) is 2. The van der Waals surface area contributed by atoms with Gasteiger partial charge < -0.3 is 14.4 Å². The molecule has 2 aromatic rings. The average Bonchev–Trinajstić information content (AvgIpc) is 3.37. The van der Waals surface area contributed by atoms with E-state index in [-0.39, 0.29) is 41.3 Å². The summed E-state index contributed by atoms with van der Waals surface area (Å²) in [5, 5.41) is 0. The van der Waals surface area contributed by atoms with Crippen LogP contribution in [0.1, 0.15) is 102 Å². The lowest BCUT2D eigenvalue weighted by atomic mass is 9.51. The normalized spacial score (nSPS) is 25.9. The van der Waals surface area contributed by atoms with Gasteiger partial charge in [0.1, 0.15) is 11.9 Å². The van der Waals surface area contributed by atoms with Crippen molar-refractivity contribution in [2.24, 2.45) is 11.8 Å². The Labute approximate surface area is 275 Å². The summed E-state index contributed by atoms with van der Waals surface area (Å²) in [6, 6.07) is 14.9. The number of benzene rings is 2. The van der Waals surface area contributed by atoms with Crippen LogP contribution in [-0.2, 0) is 32.6 Å². The van der Waals surface area contributed by atoms with E-state index in [1.54, 1.807) is 6.92 Å². The Kier molecular flexibility index (Phi) is 9.88. The maximum absolute atomic E-state index is 14.1. The van der Waals surface area contributed by atoms with Crippen LogP contribution in [0, 0.1) is 11.8 Å². The van der Waals surface area contributed by atoms with Gasteiger partial charge in [0.15, 0.2) is 11.5 Å². The predicted octanol–water partition coefficient (Wildman–Crippen LogP) is 6.68. The highest BCUT2D eigenvalue weighted by Gasteiger charge is 2.66. The quantitative estimate of drug-likeness (QED) is 0.132. The molecule has 1 amide bonds. The van der Waals surface area contributed by atoms with Gasteiger partial charge in [-0.25, -0.2) is 0 Å². The molecule has 0 aromatic heterocycles. The summed E-state index contributed by atoms with van der Waals surface area (Å²) < 4.78 is 12.7. The Morgan fingerprint density at radius 3 is 2.50 bits per heavy atom. The number of hydrogen-bond acceptors (Lipinski definition) is 6. The van der Waals surface area contributed by atoms with Gasteiger partial charge in [-0.1, -0.05) is 69.5 Å². The van der Waals surface area contributed by atoms with E-state index >= 15 is 0 Å². The standard InChI is InChI=1S/C39H52N2O5/c1-26(2)24-41(35(44)16-12-7-5-6-9-13-29-14-10-8-11-15-29)32-19-18-31-33-23-30-17-20-34(45-28(4)43)37-36(30)39(31,38(32)46-37)21-22-40(33)25-27(3)42/h8,10-11,14-15,17,20,26,31-33,38H,5-7,9,12-13,16,18-19,21-25H2,1-4H3/t31-,32+,33+,38-,39-/m0/s1. The van der Waals surface area contributed by atoms with Crippen molar-refractivity contribution in [1.82, 2.24) is 9.80 Å². The first-order valence-corrected chi connectivity index (χ1v) is 17.8. The minimum atomic E-state index is -0.359. The molecule has 0 radical (unpaired) electrons. The highest BCUT2D eigenvalue weighted by molar-refractivity contribution is 5.78. The van der Waals surface area contributed by atoms with Crippen molar-refractivity contribution < 1.29 is 23.9 Å². The van der Waals surface area contributed by atoms with Crippen LogP contribution in [0.5, 0.6) is 11.5 Å². The van der Waals surface area contributed by atoms with E-state index in [1.807, 2.05) is 6.07 Å². The molecular formula is C39H52N2O5. The molecule has 46 heavy (non-hydrogen) atoms. The van der Waals surface area contributed by atoms with Gasteiger partial charge in [0.25, 0.3) is 0 Å². The van der Waals surface area contributed by atoms with Crippen LogP contribution in [0.4, 0.5) is 0 Å². The van der Waals surface area contributed by atoms with E-state index < -0.39 is 0 Å². The largest absolute Gasteiger partial charge is 0.483 e. The van der Waals surface area contributed by atoms with Crippen LogP contribution in [0.3, 0.4) is 0 Å². The molecule has 248 valence electrons. The number of aryl methyl sites for hydroxylation is 1. The molecule has 7 heteroatoms. The van der Waals surface area contributed by atoms with Crippen LogP contribution in [0.2, 0.25) is 0 Å². The van der Waals surface area contributed by atoms with E-state index in [0.717, 1.165) is 57.9 Å². The van der Waals surface area contributed by atoms with Crippen molar-refractivity contribution in [1.29, 1.82) is 0 Å². The molecule has 6 rings (SSSR count). The molecule has 1 spiro atoms. The second-order valence-electron chi connectivity index (χ2n) is 14.7. The Bertz CT molecular complexity index is 1420. The number of likely N-dealkylation sites (tertiary alicyclic amines) is 1. The molecule has 2 bridgehead atoms. The van der Waals surface area contributed by atoms with E-state index in [9.17, 15) is 14.4 Å². The molecule has 4 aliphatic rings. The number of unbranched alkanes of at least 4 members (excludes halogenated alkanes) is 4. The third-order valence-corrected chi connectivity index (χ3v) is 11.0. The van der Waals surface area contributed by atoms with Crippen molar-refractivity contribution in [2.75, 3.05) is 19.6 Å². The molecule has 2 heterocycles. The summed E-state index contributed by atoms with van der Waals surface area (Å²) in [5.74, 6) is 1.94. The van der Waals surface area contributed by atoms with Crippen molar-refractivity contribution >= 4 is 17.7 Å². The van der Waals surface area contributed by atoms with Crippen molar-refractivity contribution in [3.05, 3.63) is 59.2 Å². The van der Waals surface area contributed by atoms with Gasteiger partial charge in [-0.2, -0.15) is 0 Å². The Hall–Kier alpha value is -3.19. The summed E-state index contributed by atoms with van der Waals surface area (Å²) in [6.45, 7) is 9.51. The van der Waals surface area contributed by atoms with Gasteiger partial charge in [-0.3, -0.25) is 19.3 Å². The number of carbonyl (C=O) groups excluding carboxylic acids is 3. The smallest absolute Gasteiger partial charge is 0.308 e. The lowest BCUT2D eigenvalue weighted by Gasteiger charge is -2.60. The number of rotatable bonds is 14. The lowest BCUT2D eigenvalue weighted by Crippen LogP contribution is -2.69. The number of ketones is 1. The Balaban J connectivity index is 1.20. The number of ether oxygens (including phenoxy) is 2. The van der Waals surface area contributed by atoms with E-state index in [1.165, 1.54) is 36.5 Å². The topological polar surface area (TPSA) is 76.2 Å². The number of amides is 1. The summed E-state index contributed by atoms with van der Waals surface area (Å²) >= 11 is 0. The van der Waals surface area contributed by atoms with E-state index in [2.05, 4.69) is 60.0 Å². The summed E-state index contributed by atoms with van der Waals surface area (Å²) in [7, 11) is 0. The SMILES string of the molecule is CC(=O)CN1CC[C@]23c4c5ccc(OC(C)=O)c4O[C@H]2[C@H](N(CC(C)C)C(=O)CCCCCCCc2ccccc2)CC[C@H]3[C@H]1C5. The number of piperidine rings is 1. The second kappa shape index (κ2) is 13.9. The first-order valence-electron chi connectivity index (χ1n) is 17.8. The van der Waals surface area contributed by atoms with Crippen molar-refractivity contribution in [2.45, 2.75) is 122 Å². The maximum Gasteiger partial charge on any atom is 0.308 e. The van der Waals surface area contributed by atoms with Crippen LogP contribution in [-0.4, -0.2) is 65.3 Å². The van der Waals surface area contributed by atoms with Crippen LogP contribution >= 0.6 is 0 Å². The third-order valence-electron chi connectivity index (χ3n) is 11.0. The number of Topliss-reactive ketones (excluding diaryl/α,β-unsaturated/α-hetero) is 1. The van der Waals surface area contributed by atoms with Crippen molar-refractivity contribution in [3.63, 3.8) is 0 Å². The summed E-state index contributed by atoms with van der Waals surface area (Å²) in [4.78, 5) is 43.0. The van der Waals surface area contributed by atoms with Gasteiger partial charge in [0.2, 0.25) is 5.91 Å². The number of carbonyl (C=O) groups is 3. The second-order valence-corrected chi connectivity index (χ2v) is 14.7. The van der Waals surface area contributed by atoms with Gasteiger partial charge in [0, 0.05) is 36.9 Å². The van der Waals surface area contributed by atoms with Gasteiger partial charge in [-0.15, -0.1) is 0 Å². The molecule has 1 saturated heterocycles. The zero-order valence-electron chi connectivity index (χ0n) is 28.3. The highest BCUT2D eigenvalue weighted by atomic mass is 16.6. The number of esters is 1. The molecular weight excluding hydrogens is 576 g/mol. The molecule has 2 aliphatic carbocycles. The molecule has 0 N–H and O–H groups in total. The Morgan fingerprint density at radius 2 is 1.76 bits per heavy atom. The van der Waals surface area contributed by atoms with Crippen LogP contribution in [0.15, 0.2) is 42.5 Å². The zero-order chi connectivity index (χ0) is 32.4. The molecule has 2 fully saturated rings. The highest BCUT2D eigenvalue weighted by Crippen LogP contribution is 2.64. The minimum absolute atomic E-state index is 0.0412. The molecule has 2 aromatic carbocycles. The Morgan fingerprint density at radius 1 is 1.00 bits per heavy atom. The molecule has 1 saturated carbocycles. The molecule has 7 nitrogen and oxygen atoms in total. The monoisotopic (exact) mass is 628 g/mol. The predicted molar refractivity (Wildman–Crippen MR) is 179 cm³/mol. The van der Waals surface area contributed by atoms with Crippen LogP contribution in [0.25, 0.3) is 0 Å². The number of hydrogen-bond donors (Lipinski definition) is 0. The third kappa shape index (κ3) is 6.36. The van der Waals surface area contributed by atoms with Gasteiger partial charge in [0.05, 0.1) is 12.6 Å². The van der Waals surface area contributed by atoms with E-state index in [0.29, 0.717) is 42.8 Å². The van der Waals surface area contributed by atoms with Crippen molar-refractivity contribution in [3.8, 4) is 11.5 Å². The van der Waals surface area contributed by atoms with Crippen LogP contribution < -0.4 is 9.47 Å². The maximum atomic E-state index is 14.1. The molecule has 2 aliphatic heterocycles. The van der Waals surface area contributed by atoms with Gasteiger partial charge >= 0.3 is 5.97 Å². The lowest BCUT2D eigenvalue weighted by molar-refractivity contribution is -0.144. The summed E-state index contributed by atoms with van der Waals surface area (Å²) in [6.07, 6.45) is 10.6. The van der Waals surface area contributed by atoms with E-state index in [4.69, 9.17) is 9.47 Å². The fourth-order valence-corrected chi connectivity index (χ4v) is 9.36. The zero-order valence-corrected chi connectivity index (χ0v) is 28.3.